The van der Waals surface area contributed by atoms with Crippen molar-refractivity contribution >= 4 is 40.8 Å². The van der Waals surface area contributed by atoms with Crippen LogP contribution in [0.4, 0.5) is 5.82 Å². The minimum atomic E-state index is -0.118. The fourth-order valence-electron chi connectivity index (χ4n) is 3.33. The number of rotatable bonds is 7. The van der Waals surface area contributed by atoms with Crippen molar-refractivity contribution in [2.75, 3.05) is 25.0 Å². The van der Waals surface area contributed by atoms with Gasteiger partial charge in [-0.2, -0.15) is 0 Å². The zero-order valence-electron chi connectivity index (χ0n) is 16.0. The standard InChI is InChI=1S/C21H24Cl2N4O2/c22-17-7-8-19(24-13-17)26-21(29)16-5-3-10-27(14-16)11-9-20(28)25-12-15-4-1-2-6-18(15)23/h1-2,4,6-8,13,16H,3,5,9-12,14H2,(H,25,28)(H,24,26,29). The highest BCUT2D eigenvalue weighted by molar-refractivity contribution is 6.31. The van der Waals surface area contributed by atoms with Crippen molar-refractivity contribution in [2.24, 2.45) is 5.92 Å². The first-order valence-corrected chi connectivity index (χ1v) is 10.4. The van der Waals surface area contributed by atoms with E-state index in [0.29, 0.717) is 41.9 Å². The third-order valence-corrected chi connectivity index (χ3v) is 5.54. The van der Waals surface area contributed by atoms with Crippen LogP contribution < -0.4 is 10.6 Å². The SMILES string of the molecule is O=C(CCN1CCCC(C(=O)Nc2ccc(Cl)cn2)C1)NCc1ccccc1Cl. The summed E-state index contributed by atoms with van der Waals surface area (Å²) in [5, 5.41) is 6.92. The molecule has 1 unspecified atom stereocenters. The van der Waals surface area contributed by atoms with Gasteiger partial charge in [0.1, 0.15) is 5.82 Å². The van der Waals surface area contributed by atoms with Crippen LogP contribution in [-0.2, 0) is 16.1 Å². The second-order valence-corrected chi connectivity index (χ2v) is 7.95. The van der Waals surface area contributed by atoms with E-state index in [1.54, 1.807) is 12.1 Å². The van der Waals surface area contributed by atoms with Crippen molar-refractivity contribution < 1.29 is 9.59 Å². The summed E-state index contributed by atoms with van der Waals surface area (Å²) in [5.41, 5.74) is 0.896. The van der Waals surface area contributed by atoms with Gasteiger partial charge in [0.05, 0.1) is 10.9 Å². The minimum Gasteiger partial charge on any atom is -0.352 e. The first-order valence-electron chi connectivity index (χ1n) is 9.66. The molecule has 1 saturated heterocycles. The molecular formula is C21H24Cl2N4O2. The number of piperidine rings is 1. The van der Waals surface area contributed by atoms with Crippen LogP contribution in [0.3, 0.4) is 0 Å². The maximum absolute atomic E-state index is 12.5. The van der Waals surface area contributed by atoms with Gasteiger partial charge in [-0.1, -0.05) is 41.4 Å². The zero-order chi connectivity index (χ0) is 20.6. The number of likely N-dealkylation sites (tertiary alicyclic amines) is 1. The van der Waals surface area contributed by atoms with Crippen molar-refractivity contribution in [1.29, 1.82) is 0 Å². The van der Waals surface area contributed by atoms with Gasteiger partial charge in [-0.05, 0) is 43.1 Å². The Kier molecular flexibility index (Phi) is 7.86. The molecule has 2 amide bonds. The lowest BCUT2D eigenvalue weighted by Crippen LogP contribution is -2.42. The molecule has 1 aromatic carbocycles. The number of anilines is 1. The van der Waals surface area contributed by atoms with Crippen LogP contribution in [0.5, 0.6) is 0 Å². The van der Waals surface area contributed by atoms with E-state index in [9.17, 15) is 9.59 Å². The largest absolute Gasteiger partial charge is 0.352 e. The molecule has 0 bridgehead atoms. The van der Waals surface area contributed by atoms with Gasteiger partial charge in [0.25, 0.3) is 0 Å². The topological polar surface area (TPSA) is 74.3 Å². The molecule has 1 aromatic heterocycles. The third-order valence-electron chi connectivity index (χ3n) is 4.94. The predicted octanol–water partition coefficient (Wildman–Crippen LogP) is 3.75. The van der Waals surface area contributed by atoms with Crippen LogP contribution >= 0.6 is 23.2 Å². The number of nitrogens with one attached hydrogen (secondary N) is 2. The molecule has 1 aliphatic rings. The first-order chi connectivity index (χ1) is 14.0. The Morgan fingerprint density at radius 1 is 1.17 bits per heavy atom. The summed E-state index contributed by atoms with van der Waals surface area (Å²) in [6, 6.07) is 10.8. The van der Waals surface area contributed by atoms with E-state index in [4.69, 9.17) is 23.2 Å². The molecule has 0 saturated carbocycles. The lowest BCUT2D eigenvalue weighted by molar-refractivity contribution is -0.122. The van der Waals surface area contributed by atoms with Gasteiger partial charge in [-0.3, -0.25) is 9.59 Å². The Bertz CT molecular complexity index is 845. The number of hydrogen-bond acceptors (Lipinski definition) is 4. The number of amides is 2. The first kappa shape index (κ1) is 21.6. The summed E-state index contributed by atoms with van der Waals surface area (Å²) in [7, 11) is 0. The smallest absolute Gasteiger partial charge is 0.229 e. The molecule has 8 heteroatoms. The highest BCUT2D eigenvalue weighted by atomic mass is 35.5. The number of carbonyl (C=O) groups is 2. The molecule has 1 atom stereocenters. The van der Waals surface area contributed by atoms with Crippen molar-refractivity contribution in [2.45, 2.75) is 25.8 Å². The molecule has 0 radical (unpaired) electrons. The van der Waals surface area contributed by atoms with Crippen LogP contribution in [0, 0.1) is 5.92 Å². The molecule has 1 aliphatic heterocycles. The summed E-state index contributed by atoms with van der Waals surface area (Å²) < 4.78 is 0. The molecule has 0 aliphatic carbocycles. The number of nitrogens with zero attached hydrogens (tertiary/aromatic N) is 2. The molecule has 6 nitrogen and oxygen atoms in total. The van der Waals surface area contributed by atoms with Gasteiger partial charge in [0.15, 0.2) is 0 Å². The van der Waals surface area contributed by atoms with Crippen molar-refractivity contribution in [3.63, 3.8) is 0 Å². The van der Waals surface area contributed by atoms with Crippen LogP contribution in [-0.4, -0.2) is 41.3 Å². The average Bonchev–Trinajstić information content (AvgIpc) is 2.73. The van der Waals surface area contributed by atoms with Crippen molar-refractivity contribution in [3.8, 4) is 0 Å². The Balaban J connectivity index is 1.42. The van der Waals surface area contributed by atoms with Crippen LogP contribution in [0.25, 0.3) is 0 Å². The fraction of sp³-hybridized carbons (Fsp3) is 0.381. The molecule has 0 spiro atoms. The highest BCUT2D eigenvalue weighted by Crippen LogP contribution is 2.19. The molecule has 3 rings (SSSR count). The number of carbonyl (C=O) groups excluding carboxylic acids is 2. The molecule has 29 heavy (non-hydrogen) atoms. The Labute approximate surface area is 180 Å². The molecule has 154 valence electrons. The molecule has 2 aromatic rings. The summed E-state index contributed by atoms with van der Waals surface area (Å²) >= 11 is 11.9. The second kappa shape index (κ2) is 10.6. The maximum atomic E-state index is 12.5. The normalized spacial score (nSPS) is 17.0. The Morgan fingerprint density at radius 3 is 2.76 bits per heavy atom. The van der Waals surface area contributed by atoms with Gasteiger partial charge in [-0.25, -0.2) is 4.98 Å². The lowest BCUT2D eigenvalue weighted by atomic mass is 9.97. The zero-order valence-corrected chi connectivity index (χ0v) is 17.5. The molecule has 2 heterocycles. The predicted molar refractivity (Wildman–Crippen MR) is 115 cm³/mol. The van der Waals surface area contributed by atoms with E-state index in [0.717, 1.165) is 24.9 Å². The summed E-state index contributed by atoms with van der Waals surface area (Å²) in [6.07, 6.45) is 3.64. The number of aromatic nitrogens is 1. The van der Waals surface area contributed by atoms with Gasteiger partial charge < -0.3 is 15.5 Å². The average molecular weight is 435 g/mol. The summed E-state index contributed by atoms with van der Waals surface area (Å²) in [6.45, 7) is 2.56. The highest BCUT2D eigenvalue weighted by Gasteiger charge is 2.26. The lowest BCUT2D eigenvalue weighted by Gasteiger charge is -2.31. The van der Waals surface area contributed by atoms with E-state index < -0.39 is 0 Å². The Morgan fingerprint density at radius 2 is 2.00 bits per heavy atom. The van der Waals surface area contributed by atoms with Crippen LogP contribution in [0.15, 0.2) is 42.6 Å². The second-order valence-electron chi connectivity index (χ2n) is 7.11. The van der Waals surface area contributed by atoms with Gasteiger partial charge in [-0.15, -0.1) is 0 Å². The van der Waals surface area contributed by atoms with E-state index in [-0.39, 0.29) is 17.7 Å². The minimum absolute atomic E-state index is 0.0261. The van der Waals surface area contributed by atoms with Crippen LogP contribution in [0.1, 0.15) is 24.8 Å². The number of benzene rings is 1. The summed E-state index contributed by atoms with van der Waals surface area (Å²) in [5.74, 6) is 0.303. The number of pyridine rings is 1. The molecule has 2 N–H and O–H groups in total. The summed E-state index contributed by atoms with van der Waals surface area (Å²) in [4.78, 5) is 31.0. The van der Waals surface area contributed by atoms with Crippen LogP contribution in [0.2, 0.25) is 10.0 Å². The molecular weight excluding hydrogens is 411 g/mol. The van der Waals surface area contributed by atoms with Gasteiger partial charge in [0, 0.05) is 37.3 Å². The monoisotopic (exact) mass is 434 g/mol. The number of hydrogen-bond donors (Lipinski definition) is 2. The molecule has 1 fully saturated rings. The quantitative estimate of drug-likeness (QED) is 0.695. The third kappa shape index (κ3) is 6.70. The van der Waals surface area contributed by atoms with E-state index in [1.807, 2.05) is 24.3 Å². The fourth-order valence-corrected chi connectivity index (χ4v) is 3.65. The van der Waals surface area contributed by atoms with Crippen molar-refractivity contribution in [3.05, 3.63) is 58.2 Å². The van der Waals surface area contributed by atoms with E-state index >= 15 is 0 Å². The van der Waals surface area contributed by atoms with E-state index in [1.165, 1.54) is 6.20 Å². The maximum Gasteiger partial charge on any atom is 0.229 e. The van der Waals surface area contributed by atoms with Crippen molar-refractivity contribution in [1.82, 2.24) is 15.2 Å². The van der Waals surface area contributed by atoms with Gasteiger partial charge in [0.2, 0.25) is 11.8 Å². The Hall–Kier alpha value is -2.15. The van der Waals surface area contributed by atoms with Gasteiger partial charge >= 0.3 is 0 Å². The number of halogens is 2. The van der Waals surface area contributed by atoms with E-state index in [2.05, 4.69) is 20.5 Å².